The van der Waals surface area contributed by atoms with Crippen LogP contribution in [-0.2, 0) is 0 Å². The summed E-state index contributed by atoms with van der Waals surface area (Å²) in [7, 11) is 1.64. The van der Waals surface area contributed by atoms with Crippen LogP contribution in [0.3, 0.4) is 0 Å². The molecule has 1 unspecified atom stereocenters. The molecule has 0 saturated heterocycles. The van der Waals surface area contributed by atoms with Gasteiger partial charge in [0.25, 0.3) is 0 Å². The molecule has 5 nitrogen and oxygen atoms in total. The van der Waals surface area contributed by atoms with E-state index in [2.05, 4.69) is 35.7 Å². The fourth-order valence-corrected chi connectivity index (χ4v) is 1.98. The predicted octanol–water partition coefficient (Wildman–Crippen LogP) is 3.22. The lowest BCUT2D eigenvalue weighted by Crippen LogP contribution is -2.31. The molecule has 1 aromatic carbocycles. The highest BCUT2D eigenvalue weighted by Gasteiger charge is 2.07. The van der Waals surface area contributed by atoms with Crippen molar-refractivity contribution in [2.24, 2.45) is 4.99 Å². The molecule has 1 atom stereocenters. The maximum Gasteiger partial charge on any atom is 0.195 e. The normalized spacial score (nSPS) is 12.7. The first kappa shape index (κ1) is 18.5. The van der Waals surface area contributed by atoms with Gasteiger partial charge < -0.3 is 20.1 Å². The Labute approximate surface area is 137 Å². The topological polar surface area (TPSA) is 54.9 Å². The summed E-state index contributed by atoms with van der Waals surface area (Å²) in [6.45, 7) is 8.35. The van der Waals surface area contributed by atoms with Crippen LogP contribution in [0.2, 0.25) is 0 Å². The first-order chi connectivity index (χ1) is 10.6. The number of aliphatic imine (C=N–C) groups is 1. The number of methoxy groups -OCH3 is 1. The minimum absolute atomic E-state index is 0.491. The summed E-state index contributed by atoms with van der Waals surface area (Å²) in [5, 5.41) is 7.04. The van der Waals surface area contributed by atoms with E-state index in [1.807, 2.05) is 25.1 Å². The van der Waals surface area contributed by atoms with Crippen LogP contribution in [-0.4, -0.2) is 44.3 Å². The molecule has 0 aliphatic carbocycles. The molecule has 1 aromatic rings. The molecule has 0 aliphatic heterocycles. The molecule has 0 bridgehead atoms. The van der Waals surface area contributed by atoms with Crippen molar-refractivity contribution < 1.29 is 9.47 Å². The Hall–Kier alpha value is -1.56. The van der Waals surface area contributed by atoms with E-state index in [4.69, 9.17) is 9.47 Å². The first-order valence-corrected chi connectivity index (χ1v) is 8.82. The number of rotatable bonds is 8. The third-order valence-electron chi connectivity index (χ3n) is 2.98. The lowest BCUT2D eigenvalue weighted by molar-refractivity contribution is 0.311. The van der Waals surface area contributed by atoms with Gasteiger partial charge in [-0.3, -0.25) is 4.99 Å². The molecule has 0 aliphatic rings. The molecule has 1 rings (SSSR count). The number of guanidine groups is 1. The Morgan fingerprint density at radius 1 is 1.32 bits per heavy atom. The number of hydrogen-bond acceptors (Lipinski definition) is 4. The van der Waals surface area contributed by atoms with E-state index in [1.165, 1.54) is 0 Å². The predicted molar refractivity (Wildman–Crippen MR) is 96.7 cm³/mol. The Morgan fingerprint density at radius 3 is 2.68 bits per heavy atom. The third kappa shape index (κ3) is 6.05. The Kier molecular flexibility index (Phi) is 8.58. The maximum atomic E-state index is 5.60. The van der Waals surface area contributed by atoms with Gasteiger partial charge in [-0.05, 0) is 32.2 Å². The fourth-order valence-electron chi connectivity index (χ4n) is 1.76. The second-order valence-electron chi connectivity index (χ2n) is 4.69. The van der Waals surface area contributed by atoms with Crippen LogP contribution >= 0.6 is 11.8 Å². The minimum atomic E-state index is 0.491. The van der Waals surface area contributed by atoms with Gasteiger partial charge in [0.2, 0.25) is 0 Å². The van der Waals surface area contributed by atoms with E-state index < -0.39 is 0 Å². The van der Waals surface area contributed by atoms with Crippen LogP contribution in [0.15, 0.2) is 23.2 Å². The zero-order chi connectivity index (χ0) is 16.4. The smallest absolute Gasteiger partial charge is 0.195 e. The number of nitrogens with zero attached hydrogens (tertiary/aromatic N) is 1. The van der Waals surface area contributed by atoms with Crippen molar-refractivity contribution in [2.45, 2.75) is 26.0 Å². The number of anilines is 1. The second kappa shape index (κ2) is 10.2. The number of nitrogens with one attached hydrogen (secondary N) is 2. The van der Waals surface area contributed by atoms with Crippen molar-refractivity contribution in [3.63, 3.8) is 0 Å². The molecular formula is C16H27N3O2S. The molecular weight excluding hydrogens is 298 g/mol. The van der Waals surface area contributed by atoms with Crippen molar-refractivity contribution in [1.29, 1.82) is 0 Å². The van der Waals surface area contributed by atoms with Gasteiger partial charge in [0.15, 0.2) is 17.5 Å². The summed E-state index contributed by atoms with van der Waals surface area (Å²) in [6.07, 6.45) is 2.10. The lowest BCUT2D eigenvalue weighted by Gasteiger charge is -2.15. The Bertz CT molecular complexity index is 480. The van der Waals surface area contributed by atoms with Gasteiger partial charge >= 0.3 is 0 Å². The molecule has 6 heteroatoms. The Balaban J connectivity index is 2.86. The van der Waals surface area contributed by atoms with Gasteiger partial charge in [-0.1, -0.05) is 6.92 Å². The van der Waals surface area contributed by atoms with Crippen LogP contribution in [0.25, 0.3) is 0 Å². The third-order valence-corrected chi connectivity index (χ3v) is 3.93. The van der Waals surface area contributed by atoms with E-state index in [0.717, 1.165) is 36.2 Å². The van der Waals surface area contributed by atoms with E-state index in [9.17, 15) is 0 Å². The van der Waals surface area contributed by atoms with E-state index >= 15 is 0 Å². The summed E-state index contributed by atoms with van der Waals surface area (Å²) in [4.78, 5) is 4.60. The SMILES string of the molecule is CCNC(=NCC(C)SC)Nc1ccc(OC)c(OCC)c1. The van der Waals surface area contributed by atoms with Gasteiger partial charge in [-0.2, -0.15) is 11.8 Å². The first-order valence-electron chi connectivity index (χ1n) is 7.53. The zero-order valence-electron chi connectivity index (χ0n) is 14.1. The average Bonchev–Trinajstić information content (AvgIpc) is 2.53. The van der Waals surface area contributed by atoms with E-state index in [1.54, 1.807) is 18.9 Å². The molecule has 0 saturated carbocycles. The van der Waals surface area contributed by atoms with Gasteiger partial charge in [0, 0.05) is 23.5 Å². The molecule has 2 N–H and O–H groups in total. The van der Waals surface area contributed by atoms with Crippen molar-refractivity contribution in [3.8, 4) is 11.5 Å². The van der Waals surface area contributed by atoms with Gasteiger partial charge in [-0.15, -0.1) is 0 Å². The highest BCUT2D eigenvalue weighted by atomic mass is 32.2. The summed E-state index contributed by atoms with van der Waals surface area (Å²) < 4.78 is 10.9. The molecule has 0 amide bonds. The minimum Gasteiger partial charge on any atom is -0.493 e. The highest BCUT2D eigenvalue weighted by Crippen LogP contribution is 2.30. The molecule has 0 fully saturated rings. The van der Waals surface area contributed by atoms with Crippen molar-refractivity contribution in [2.75, 3.05) is 38.4 Å². The van der Waals surface area contributed by atoms with Crippen LogP contribution in [0.5, 0.6) is 11.5 Å². The molecule has 0 radical (unpaired) electrons. The number of hydrogen-bond donors (Lipinski definition) is 2. The van der Waals surface area contributed by atoms with E-state index in [0.29, 0.717) is 11.9 Å². The monoisotopic (exact) mass is 325 g/mol. The molecule has 124 valence electrons. The summed E-state index contributed by atoms with van der Waals surface area (Å²) in [5.41, 5.74) is 0.917. The molecule has 0 aromatic heterocycles. The number of ether oxygens (including phenoxy) is 2. The van der Waals surface area contributed by atoms with Crippen molar-refractivity contribution in [1.82, 2.24) is 5.32 Å². The van der Waals surface area contributed by atoms with Crippen molar-refractivity contribution in [3.05, 3.63) is 18.2 Å². The van der Waals surface area contributed by atoms with Crippen LogP contribution in [0, 0.1) is 0 Å². The molecule has 22 heavy (non-hydrogen) atoms. The number of thioether (sulfide) groups is 1. The quantitative estimate of drug-likeness (QED) is 0.568. The summed E-state index contributed by atoms with van der Waals surface area (Å²) >= 11 is 1.81. The van der Waals surface area contributed by atoms with Gasteiger partial charge in [0.05, 0.1) is 20.3 Å². The largest absolute Gasteiger partial charge is 0.493 e. The van der Waals surface area contributed by atoms with Gasteiger partial charge in [0.1, 0.15) is 0 Å². The fraction of sp³-hybridized carbons (Fsp3) is 0.562. The van der Waals surface area contributed by atoms with Crippen LogP contribution < -0.4 is 20.1 Å². The maximum absolute atomic E-state index is 5.60. The Morgan fingerprint density at radius 2 is 2.09 bits per heavy atom. The standard InChI is InChI=1S/C16H27N3O2S/c1-6-17-16(18-11-12(3)22-5)19-13-8-9-14(20-4)15(10-13)21-7-2/h8-10,12H,6-7,11H2,1-5H3,(H2,17,18,19). The van der Waals surface area contributed by atoms with Gasteiger partial charge in [-0.25, -0.2) is 0 Å². The van der Waals surface area contributed by atoms with Crippen LogP contribution in [0.4, 0.5) is 5.69 Å². The second-order valence-corrected chi connectivity index (χ2v) is 5.97. The molecule has 0 spiro atoms. The van der Waals surface area contributed by atoms with Crippen molar-refractivity contribution >= 4 is 23.4 Å². The highest BCUT2D eigenvalue weighted by molar-refractivity contribution is 7.99. The van der Waals surface area contributed by atoms with Crippen LogP contribution in [0.1, 0.15) is 20.8 Å². The summed E-state index contributed by atoms with van der Waals surface area (Å²) in [5.74, 6) is 2.23. The zero-order valence-corrected chi connectivity index (χ0v) is 14.9. The van der Waals surface area contributed by atoms with E-state index in [-0.39, 0.29) is 0 Å². The lowest BCUT2D eigenvalue weighted by atomic mass is 10.2. The summed E-state index contributed by atoms with van der Waals surface area (Å²) in [6, 6.07) is 5.76. The average molecular weight is 325 g/mol. The number of benzene rings is 1. The molecule has 0 heterocycles.